The van der Waals surface area contributed by atoms with Crippen LogP contribution < -0.4 is 0 Å². The quantitative estimate of drug-likeness (QED) is 0.570. The second kappa shape index (κ2) is 7.08. The molecule has 0 aromatic rings. The molecule has 0 spiro atoms. The molecule has 100 valence electrons. The van der Waals surface area contributed by atoms with Gasteiger partial charge in [0.15, 0.2) is 0 Å². The van der Waals surface area contributed by atoms with Crippen LogP contribution in [0.2, 0.25) is 0 Å². The molecule has 0 aliphatic heterocycles. The first-order valence-electron chi connectivity index (χ1n) is 7.27. The van der Waals surface area contributed by atoms with Crippen LogP contribution in [0.4, 0.5) is 0 Å². The highest BCUT2D eigenvalue weighted by molar-refractivity contribution is 4.74. The summed E-state index contributed by atoms with van der Waals surface area (Å²) in [7, 11) is 0. The molecule has 1 aliphatic carbocycles. The van der Waals surface area contributed by atoms with Crippen LogP contribution in [-0.2, 0) is 4.74 Å². The molecule has 1 fully saturated rings. The Morgan fingerprint density at radius 2 is 1.88 bits per heavy atom. The maximum Gasteiger partial charge on any atom is 0.0983 e. The molecule has 0 aromatic heterocycles. The van der Waals surface area contributed by atoms with Crippen LogP contribution in [0, 0.1) is 11.3 Å². The van der Waals surface area contributed by atoms with Gasteiger partial charge in [-0.1, -0.05) is 59.5 Å². The van der Waals surface area contributed by atoms with Gasteiger partial charge in [-0.15, -0.1) is 0 Å². The van der Waals surface area contributed by atoms with Gasteiger partial charge in [-0.05, 0) is 30.6 Å². The van der Waals surface area contributed by atoms with Crippen molar-refractivity contribution in [2.45, 2.75) is 78.2 Å². The third kappa shape index (κ3) is 6.75. The minimum absolute atomic E-state index is 0.347. The highest BCUT2D eigenvalue weighted by Crippen LogP contribution is 2.30. The molecular formula is C16H30O. The predicted octanol–water partition coefficient (Wildman–Crippen LogP) is 5.31. The average molecular weight is 238 g/mol. The van der Waals surface area contributed by atoms with Crippen LogP contribution in [0.5, 0.6) is 0 Å². The third-order valence-corrected chi connectivity index (χ3v) is 3.75. The molecular weight excluding hydrogens is 208 g/mol. The van der Waals surface area contributed by atoms with Gasteiger partial charge in [-0.2, -0.15) is 0 Å². The van der Waals surface area contributed by atoms with E-state index in [0.29, 0.717) is 11.5 Å². The first-order chi connectivity index (χ1) is 8.01. The van der Waals surface area contributed by atoms with Crippen LogP contribution >= 0.6 is 0 Å². The predicted molar refractivity (Wildman–Crippen MR) is 75.0 cm³/mol. The summed E-state index contributed by atoms with van der Waals surface area (Å²) in [4.78, 5) is 0. The Morgan fingerprint density at radius 3 is 2.41 bits per heavy atom. The first-order valence-corrected chi connectivity index (χ1v) is 7.27. The zero-order chi connectivity index (χ0) is 12.7. The molecule has 1 atom stereocenters. The van der Waals surface area contributed by atoms with E-state index in [0.717, 1.165) is 12.3 Å². The maximum absolute atomic E-state index is 5.67. The molecule has 0 saturated heterocycles. The van der Waals surface area contributed by atoms with Gasteiger partial charge >= 0.3 is 0 Å². The van der Waals surface area contributed by atoms with Crippen molar-refractivity contribution in [3.63, 3.8) is 0 Å². The Balaban J connectivity index is 2.29. The van der Waals surface area contributed by atoms with Crippen molar-refractivity contribution in [2.24, 2.45) is 11.3 Å². The van der Waals surface area contributed by atoms with Crippen molar-refractivity contribution in [3.8, 4) is 0 Å². The minimum Gasteiger partial charge on any atom is -0.499 e. The molecule has 1 rings (SSSR count). The summed E-state index contributed by atoms with van der Waals surface area (Å²) in [6.07, 6.45) is 12.9. The molecule has 0 heterocycles. The molecule has 0 radical (unpaired) electrons. The summed E-state index contributed by atoms with van der Waals surface area (Å²) < 4.78 is 5.67. The van der Waals surface area contributed by atoms with Crippen LogP contribution in [-0.4, -0.2) is 6.10 Å². The SMILES string of the molecule is C=COC(CCC1CCCCC1)CC(C)(C)C. The zero-order valence-corrected chi connectivity index (χ0v) is 12.0. The summed E-state index contributed by atoms with van der Waals surface area (Å²) in [5.41, 5.74) is 0.347. The fourth-order valence-electron chi connectivity index (χ4n) is 2.93. The highest BCUT2D eigenvalue weighted by Gasteiger charge is 2.21. The van der Waals surface area contributed by atoms with Crippen LogP contribution in [0.25, 0.3) is 0 Å². The Morgan fingerprint density at radius 1 is 1.24 bits per heavy atom. The molecule has 1 unspecified atom stereocenters. The first kappa shape index (κ1) is 14.6. The molecule has 0 aromatic carbocycles. The molecule has 0 bridgehead atoms. The lowest BCUT2D eigenvalue weighted by atomic mass is 9.83. The second-order valence-corrected chi connectivity index (χ2v) is 6.77. The van der Waals surface area contributed by atoms with Gasteiger partial charge in [0.05, 0.1) is 12.4 Å². The fourth-order valence-corrected chi connectivity index (χ4v) is 2.93. The van der Waals surface area contributed by atoms with E-state index in [9.17, 15) is 0 Å². The van der Waals surface area contributed by atoms with Gasteiger partial charge in [0.2, 0.25) is 0 Å². The van der Waals surface area contributed by atoms with Crippen LogP contribution in [0.1, 0.15) is 72.1 Å². The van der Waals surface area contributed by atoms with Gasteiger partial charge in [-0.25, -0.2) is 0 Å². The Kier molecular flexibility index (Phi) is 6.08. The monoisotopic (exact) mass is 238 g/mol. The van der Waals surface area contributed by atoms with Gasteiger partial charge in [0.25, 0.3) is 0 Å². The Labute approximate surface area is 108 Å². The lowest BCUT2D eigenvalue weighted by Crippen LogP contribution is -2.20. The van der Waals surface area contributed by atoms with E-state index in [2.05, 4.69) is 27.4 Å². The van der Waals surface area contributed by atoms with E-state index >= 15 is 0 Å². The van der Waals surface area contributed by atoms with Crippen molar-refractivity contribution >= 4 is 0 Å². The Hall–Kier alpha value is -0.460. The summed E-state index contributed by atoms with van der Waals surface area (Å²) in [5, 5.41) is 0. The summed E-state index contributed by atoms with van der Waals surface area (Å²) in [6.45, 7) is 10.6. The molecule has 0 amide bonds. The minimum atomic E-state index is 0.347. The van der Waals surface area contributed by atoms with Crippen molar-refractivity contribution in [1.29, 1.82) is 0 Å². The van der Waals surface area contributed by atoms with Crippen LogP contribution in [0.3, 0.4) is 0 Å². The van der Waals surface area contributed by atoms with E-state index in [-0.39, 0.29) is 0 Å². The van der Waals surface area contributed by atoms with E-state index in [1.165, 1.54) is 44.9 Å². The second-order valence-electron chi connectivity index (χ2n) is 6.77. The van der Waals surface area contributed by atoms with Crippen molar-refractivity contribution in [3.05, 3.63) is 12.8 Å². The summed E-state index contributed by atoms with van der Waals surface area (Å²) >= 11 is 0. The summed E-state index contributed by atoms with van der Waals surface area (Å²) in [6, 6.07) is 0. The normalized spacial score (nSPS) is 19.9. The van der Waals surface area contributed by atoms with Crippen LogP contribution in [0.15, 0.2) is 12.8 Å². The smallest absolute Gasteiger partial charge is 0.0983 e. The van der Waals surface area contributed by atoms with Crippen molar-refractivity contribution < 1.29 is 4.74 Å². The zero-order valence-electron chi connectivity index (χ0n) is 12.0. The Bertz CT molecular complexity index is 208. The molecule has 1 saturated carbocycles. The van der Waals surface area contributed by atoms with Crippen molar-refractivity contribution in [2.75, 3.05) is 0 Å². The third-order valence-electron chi connectivity index (χ3n) is 3.75. The molecule has 0 N–H and O–H groups in total. The lowest BCUT2D eigenvalue weighted by molar-refractivity contribution is 0.0842. The number of rotatable bonds is 6. The highest BCUT2D eigenvalue weighted by atomic mass is 16.5. The summed E-state index contributed by atoms with van der Waals surface area (Å²) in [5.74, 6) is 0.958. The van der Waals surface area contributed by atoms with E-state index in [1.807, 2.05) is 0 Å². The van der Waals surface area contributed by atoms with E-state index in [1.54, 1.807) is 6.26 Å². The number of hydrogen-bond donors (Lipinski definition) is 0. The van der Waals surface area contributed by atoms with Gasteiger partial charge in [-0.3, -0.25) is 0 Å². The topological polar surface area (TPSA) is 9.23 Å². The number of ether oxygens (including phenoxy) is 1. The molecule has 1 heteroatoms. The maximum atomic E-state index is 5.67. The van der Waals surface area contributed by atoms with Gasteiger partial charge in [0, 0.05) is 0 Å². The number of hydrogen-bond acceptors (Lipinski definition) is 1. The van der Waals surface area contributed by atoms with Gasteiger partial charge in [0.1, 0.15) is 0 Å². The lowest BCUT2D eigenvalue weighted by Gasteiger charge is -2.28. The average Bonchev–Trinajstić information content (AvgIpc) is 2.26. The van der Waals surface area contributed by atoms with E-state index in [4.69, 9.17) is 4.74 Å². The standard InChI is InChI=1S/C16H30O/c1-5-17-15(13-16(2,3)4)12-11-14-9-7-6-8-10-14/h5,14-15H,1,6-13H2,2-4H3. The molecule has 1 nitrogen and oxygen atoms in total. The fraction of sp³-hybridized carbons (Fsp3) is 0.875. The van der Waals surface area contributed by atoms with E-state index < -0.39 is 0 Å². The molecule has 1 aliphatic rings. The largest absolute Gasteiger partial charge is 0.499 e. The van der Waals surface area contributed by atoms with Gasteiger partial charge < -0.3 is 4.74 Å². The molecule has 17 heavy (non-hydrogen) atoms. The van der Waals surface area contributed by atoms with Crippen molar-refractivity contribution in [1.82, 2.24) is 0 Å².